The van der Waals surface area contributed by atoms with Gasteiger partial charge in [-0.15, -0.1) is 0 Å². The third-order valence-electron chi connectivity index (χ3n) is 4.12. The molecule has 3 amide bonds. The number of nitrogens with one attached hydrogen (secondary N) is 1. The van der Waals surface area contributed by atoms with Gasteiger partial charge in [-0.05, 0) is 38.8 Å². The van der Waals surface area contributed by atoms with Crippen molar-refractivity contribution in [1.29, 1.82) is 0 Å². The van der Waals surface area contributed by atoms with Crippen molar-refractivity contribution in [2.75, 3.05) is 0 Å². The molecule has 1 aromatic carbocycles. The summed E-state index contributed by atoms with van der Waals surface area (Å²) in [6.45, 7) is 6.42. The van der Waals surface area contributed by atoms with Crippen molar-refractivity contribution in [1.82, 2.24) is 10.2 Å². The summed E-state index contributed by atoms with van der Waals surface area (Å²) in [5.74, 6) is 5.40. The summed E-state index contributed by atoms with van der Waals surface area (Å²) >= 11 is 0. The molecule has 1 aromatic rings. The van der Waals surface area contributed by atoms with Crippen molar-refractivity contribution >= 4 is 17.7 Å². The number of amides is 3. The maximum Gasteiger partial charge on any atom is 0.256 e. The molecule has 3 rings (SSSR count). The Kier molecular flexibility index (Phi) is 3.92. The lowest BCUT2D eigenvalue weighted by molar-refractivity contribution is -0.136. The lowest BCUT2D eigenvalue weighted by atomic mass is 9.96. The van der Waals surface area contributed by atoms with Crippen LogP contribution >= 0.6 is 0 Å². The van der Waals surface area contributed by atoms with Crippen LogP contribution in [-0.4, -0.2) is 28.7 Å². The monoisotopic (exact) mass is 324 g/mol. The summed E-state index contributed by atoms with van der Waals surface area (Å²) in [6, 6.07) is 5.02. The molecule has 1 atom stereocenters. The van der Waals surface area contributed by atoms with Gasteiger partial charge in [0.05, 0.1) is 5.56 Å². The minimum atomic E-state index is -0.592. The first kappa shape index (κ1) is 16.3. The summed E-state index contributed by atoms with van der Waals surface area (Å²) in [6.07, 6.45) is 0.626. The van der Waals surface area contributed by atoms with E-state index in [1.165, 1.54) is 0 Å². The van der Waals surface area contributed by atoms with Crippen LogP contribution in [0.3, 0.4) is 0 Å². The summed E-state index contributed by atoms with van der Waals surface area (Å²) in [5, 5.41) is 2.31. The summed E-state index contributed by atoms with van der Waals surface area (Å²) < 4.78 is 0. The Morgan fingerprint density at radius 3 is 2.62 bits per heavy atom. The molecular formula is C19H20N2O3. The van der Waals surface area contributed by atoms with E-state index in [9.17, 15) is 14.4 Å². The largest absolute Gasteiger partial charge is 0.322 e. The molecule has 1 unspecified atom stereocenters. The highest BCUT2D eigenvalue weighted by Gasteiger charge is 2.39. The van der Waals surface area contributed by atoms with Crippen LogP contribution in [0.1, 0.15) is 55.1 Å². The molecule has 0 bridgehead atoms. The van der Waals surface area contributed by atoms with Crippen LogP contribution in [-0.2, 0) is 16.1 Å². The third kappa shape index (κ3) is 3.05. The van der Waals surface area contributed by atoms with Crippen LogP contribution < -0.4 is 5.32 Å². The number of rotatable bonds is 1. The number of piperidine rings is 1. The van der Waals surface area contributed by atoms with Crippen LogP contribution in [0.25, 0.3) is 0 Å². The molecule has 2 heterocycles. The van der Waals surface area contributed by atoms with Gasteiger partial charge in [0.15, 0.2) is 0 Å². The molecule has 1 fully saturated rings. The number of nitrogens with zero attached hydrogens (tertiary/aromatic N) is 1. The lowest BCUT2D eigenvalue weighted by Crippen LogP contribution is -2.52. The number of benzene rings is 1. The molecule has 2 aliphatic rings. The Labute approximate surface area is 141 Å². The van der Waals surface area contributed by atoms with Gasteiger partial charge in [-0.2, -0.15) is 0 Å². The van der Waals surface area contributed by atoms with Crippen molar-refractivity contribution in [3.63, 3.8) is 0 Å². The van der Waals surface area contributed by atoms with E-state index in [1.54, 1.807) is 4.90 Å². The Hall–Kier alpha value is -2.61. The first-order valence-corrected chi connectivity index (χ1v) is 8.06. The molecule has 2 aliphatic heterocycles. The molecular weight excluding hydrogens is 304 g/mol. The summed E-state index contributed by atoms with van der Waals surface area (Å²) in [4.78, 5) is 37.8. The van der Waals surface area contributed by atoms with E-state index >= 15 is 0 Å². The smallest absolute Gasteiger partial charge is 0.256 e. The van der Waals surface area contributed by atoms with Gasteiger partial charge in [0.2, 0.25) is 11.8 Å². The predicted octanol–water partition coefficient (Wildman–Crippen LogP) is 1.85. The van der Waals surface area contributed by atoms with Gasteiger partial charge < -0.3 is 4.90 Å². The van der Waals surface area contributed by atoms with Crippen LogP contribution in [0.5, 0.6) is 0 Å². The maximum absolute atomic E-state index is 12.9. The van der Waals surface area contributed by atoms with Crippen molar-refractivity contribution in [2.24, 2.45) is 5.41 Å². The zero-order chi connectivity index (χ0) is 17.5. The van der Waals surface area contributed by atoms with Crippen molar-refractivity contribution in [2.45, 2.75) is 46.2 Å². The average molecular weight is 324 g/mol. The Balaban J connectivity index is 1.92. The van der Waals surface area contributed by atoms with E-state index in [1.807, 2.05) is 39.0 Å². The highest BCUT2D eigenvalue weighted by molar-refractivity contribution is 6.06. The number of hydrogen-bond donors (Lipinski definition) is 1. The predicted molar refractivity (Wildman–Crippen MR) is 88.8 cm³/mol. The highest BCUT2D eigenvalue weighted by Crippen LogP contribution is 2.29. The van der Waals surface area contributed by atoms with Crippen molar-refractivity contribution in [3.05, 3.63) is 34.9 Å². The van der Waals surface area contributed by atoms with E-state index < -0.39 is 11.9 Å². The maximum atomic E-state index is 12.9. The van der Waals surface area contributed by atoms with E-state index in [-0.39, 0.29) is 23.7 Å². The Morgan fingerprint density at radius 1 is 1.21 bits per heavy atom. The van der Waals surface area contributed by atoms with Gasteiger partial charge in [-0.25, -0.2) is 0 Å². The van der Waals surface area contributed by atoms with E-state index in [0.717, 1.165) is 5.56 Å². The standard InChI is InChI=1S/C19H20N2O3/c1-19(2,3)10-9-12-5-4-6-13-11-21(18(24)16(12)13)14-7-8-15(22)20-17(14)23/h4-6,14H,7-8,11H2,1-3H3,(H,20,22,23). The number of imide groups is 1. The van der Waals surface area contributed by atoms with Gasteiger partial charge in [0.1, 0.15) is 6.04 Å². The minimum Gasteiger partial charge on any atom is -0.322 e. The quantitative estimate of drug-likeness (QED) is 0.633. The molecule has 0 spiro atoms. The highest BCUT2D eigenvalue weighted by atomic mass is 16.2. The molecule has 1 N–H and O–H groups in total. The minimum absolute atomic E-state index is 0.159. The van der Waals surface area contributed by atoms with Gasteiger partial charge in [-0.3, -0.25) is 19.7 Å². The van der Waals surface area contributed by atoms with E-state index in [4.69, 9.17) is 0 Å². The van der Waals surface area contributed by atoms with Crippen molar-refractivity contribution < 1.29 is 14.4 Å². The van der Waals surface area contributed by atoms with Gasteiger partial charge in [0, 0.05) is 23.9 Å². The third-order valence-corrected chi connectivity index (χ3v) is 4.12. The number of carbonyl (C=O) groups is 3. The fourth-order valence-electron chi connectivity index (χ4n) is 2.97. The van der Waals surface area contributed by atoms with E-state index in [2.05, 4.69) is 17.2 Å². The first-order chi connectivity index (χ1) is 11.3. The van der Waals surface area contributed by atoms with Crippen LogP contribution in [0.2, 0.25) is 0 Å². The van der Waals surface area contributed by atoms with Crippen LogP contribution in [0, 0.1) is 17.3 Å². The Bertz CT molecular complexity index is 793. The molecule has 0 aliphatic carbocycles. The SMILES string of the molecule is CC(C)(C)C#Cc1cccc2c1C(=O)N(C1CCC(=O)NC1=O)C2. The second-order valence-electron chi connectivity index (χ2n) is 7.24. The molecule has 0 radical (unpaired) electrons. The topological polar surface area (TPSA) is 66.5 Å². The molecule has 5 nitrogen and oxygen atoms in total. The summed E-state index contributed by atoms with van der Waals surface area (Å²) in [7, 11) is 0. The van der Waals surface area contributed by atoms with Crippen LogP contribution in [0.15, 0.2) is 18.2 Å². The summed E-state index contributed by atoms with van der Waals surface area (Å²) in [5.41, 5.74) is 2.00. The number of hydrogen-bond acceptors (Lipinski definition) is 3. The van der Waals surface area contributed by atoms with Gasteiger partial charge in [-0.1, -0.05) is 24.0 Å². The molecule has 124 valence electrons. The zero-order valence-corrected chi connectivity index (χ0v) is 14.1. The average Bonchev–Trinajstić information content (AvgIpc) is 2.82. The number of fused-ring (bicyclic) bond motifs is 1. The zero-order valence-electron chi connectivity index (χ0n) is 14.1. The second-order valence-corrected chi connectivity index (χ2v) is 7.24. The second kappa shape index (κ2) is 5.79. The van der Waals surface area contributed by atoms with Gasteiger partial charge in [0.25, 0.3) is 5.91 Å². The van der Waals surface area contributed by atoms with Crippen molar-refractivity contribution in [3.8, 4) is 11.8 Å². The fraction of sp³-hybridized carbons (Fsp3) is 0.421. The molecule has 0 saturated carbocycles. The first-order valence-electron chi connectivity index (χ1n) is 8.06. The van der Waals surface area contributed by atoms with Crippen LogP contribution in [0.4, 0.5) is 0 Å². The van der Waals surface area contributed by atoms with E-state index in [0.29, 0.717) is 24.1 Å². The normalized spacial score (nSPS) is 20.4. The fourth-order valence-corrected chi connectivity index (χ4v) is 2.97. The lowest BCUT2D eigenvalue weighted by Gasteiger charge is -2.29. The molecule has 24 heavy (non-hydrogen) atoms. The Morgan fingerprint density at radius 2 is 1.96 bits per heavy atom. The molecule has 1 saturated heterocycles. The number of carbonyl (C=O) groups excluding carboxylic acids is 3. The molecule has 0 aromatic heterocycles. The molecule has 5 heteroatoms. The van der Waals surface area contributed by atoms with Gasteiger partial charge >= 0.3 is 0 Å².